The van der Waals surface area contributed by atoms with Crippen molar-refractivity contribution in [3.05, 3.63) is 11.9 Å². The summed E-state index contributed by atoms with van der Waals surface area (Å²) in [6.07, 6.45) is 2.23. The van der Waals surface area contributed by atoms with Gasteiger partial charge in [-0.05, 0) is 6.42 Å². The first-order chi connectivity index (χ1) is 6.07. The molecule has 0 saturated heterocycles. The molecule has 0 unspecified atom stereocenters. The highest BCUT2D eigenvalue weighted by molar-refractivity contribution is 7.82. The molecule has 0 fully saturated rings. The summed E-state index contributed by atoms with van der Waals surface area (Å²) in [6, 6.07) is -0.0845. The first kappa shape index (κ1) is 10.0. The third kappa shape index (κ3) is 2.71. The molecule has 0 aromatic carbocycles. The van der Waals surface area contributed by atoms with Crippen LogP contribution < -0.4 is 4.18 Å². The van der Waals surface area contributed by atoms with Crippen molar-refractivity contribution in [2.24, 2.45) is 0 Å². The van der Waals surface area contributed by atoms with E-state index >= 15 is 0 Å². The maximum Gasteiger partial charge on any atom is 0.451 e. The number of hydrogen-bond acceptors (Lipinski definition) is 5. The third-order valence-electron chi connectivity index (χ3n) is 1.37. The van der Waals surface area contributed by atoms with Crippen LogP contribution in [0.25, 0.3) is 0 Å². The molecule has 0 amide bonds. The van der Waals surface area contributed by atoms with Gasteiger partial charge in [0.25, 0.3) is 0 Å². The summed E-state index contributed by atoms with van der Waals surface area (Å²) in [5.41, 5.74) is 0.793. The van der Waals surface area contributed by atoms with Gasteiger partial charge in [-0.1, -0.05) is 6.92 Å². The summed E-state index contributed by atoms with van der Waals surface area (Å²) < 4.78 is 30.0. The smallest absolute Gasteiger partial charge is 0.324 e. The molecule has 74 valence electrons. The van der Waals surface area contributed by atoms with Crippen LogP contribution in [0, 0.1) is 0 Å². The fraction of sp³-hybridized carbons (Fsp3) is 0.500. The van der Waals surface area contributed by atoms with Gasteiger partial charge < -0.3 is 9.17 Å². The Labute approximate surface area is 76.2 Å². The molecule has 1 aromatic rings. The predicted molar refractivity (Wildman–Crippen MR) is 44.5 cm³/mol. The fourth-order valence-corrected chi connectivity index (χ4v) is 1.04. The Kier molecular flexibility index (Phi) is 2.89. The minimum Gasteiger partial charge on any atom is -0.324 e. The Morgan fingerprint density at radius 1 is 1.62 bits per heavy atom. The minimum absolute atomic E-state index is 0.0845. The SMILES string of the molecule is CCc1cnc(OS(=O)(=O)OC)[nH]1. The molecule has 1 heterocycles. The van der Waals surface area contributed by atoms with Crippen LogP contribution in [0.3, 0.4) is 0 Å². The molecule has 1 aromatic heterocycles. The van der Waals surface area contributed by atoms with Gasteiger partial charge in [-0.25, -0.2) is 9.17 Å². The summed E-state index contributed by atoms with van der Waals surface area (Å²) in [5.74, 6) is 0. The summed E-state index contributed by atoms with van der Waals surface area (Å²) >= 11 is 0. The lowest BCUT2D eigenvalue weighted by atomic mass is 10.4. The van der Waals surface area contributed by atoms with E-state index < -0.39 is 10.4 Å². The van der Waals surface area contributed by atoms with E-state index in [2.05, 4.69) is 18.3 Å². The number of nitrogens with zero attached hydrogens (tertiary/aromatic N) is 1. The molecule has 6 nitrogen and oxygen atoms in total. The number of aromatic nitrogens is 2. The van der Waals surface area contributed by atoms with E-state index in [1.807, 2.05) is 6.92 Å². The number of rotatable bonds is 4. The van der Waals surface area contributed by atoms with Crippen LogP contribution in [0.5, 0.6) is 6.01 Å². The molecule has 0 saturated carbocycles. The molecule has 13 heavy (non-hydrogen) atoms. The minimum atomic E-state index is -3.96. The number of aryl methyl sites for hydroxylation is 1. The summed E-state index contributed by atoms with van der Waals surface area (Å²) in [5, 5.41) is 0. The Hall–Kier alpha value is -1.08. The summed E-state index contributed by atoms with van der Waals surface area (Å²) in [6.45, 7) is 1.90. The zero-order chi connectivity index (χ0) is 9.90. The van der Waals surface area contributed by atoms with Crippen LogP contribution >= 0.6 is 0 Å². The predicted octanol–water partition coefficient (Wildman–Crippen LogP) is 0.242. The van der Waals surface area contributed by atoms with Crippen molar-refractivity contribution >= 4 is 10.4 Å². The maximum atomic E-state index is 10.8. The molecule has 0 aliphatic rings. The van der Waals surface area contributed by atoms with Gasteiger partial charge in [0.05, 0.1) is 13.3 Å². The highest BCUT2D eigenvalue weighted by Crippen LogP contribution is 2.08. The molecule has 0 atom stereocenters. The average Bonchev–Trinajstić information content (AvgIpc) is 2.52. The largest absolute Gasteiger partial charge is 0.451 e. The molecule has 7 heteroatoms. The number of H-pyrrole nitrogens is 1. The number of hydrogen-bond donors (Lipinski definition) is 1. The molecule has 0 spiro atoms. The zero-order valence-corrected chi connectivity index (χ0v) is 8.09. The molecule has 1 rings (SSSR count). The molecule has 0 aliphatic heterocycles. The van der Waals surface area contributed by atoms with Crippen molar-refractivity contribution in [1.29, 1.82) is 0 Å². The van der Waals surface area contributed by atoms with E-state index in [1.54, 1.807) is 0 Å². The van der Waals surface area contributed by atoms with Crippen LogP contribution in [0.4, 0.5) is 0 Å². The van der Waals surface area contributed by atoms with Gasteiger partial charge in [-0.3, -0.25) is 0 Å². The van der Waals surface area contributed by atoms with Crippen molar-refractivity contribution in [2.45, 2.75) is 13.3 Å². The Morgan fingerprint density at radius 2 is 2.31 bits per heavy atom. The lowest BCUT2D eigenvalue weighted by Crippen LogP contribution is -2.11. The first-order valence-corrected chi connectivity index (χ1v) is 4.94. The normalized spacial score (nSPS) is 11.5. The van der Waals surface area contributed by atoms with Gasteiger partial charge in [0.2, 0.25) is 0 Å². The van der Waals surface area contributed by atoms with Crippen molar-refractivity contribution in [1.82, 2.24) is 9.97 Å². The van der Waals surface area contributed by atoms with E-state index in [0.29, 0.717) is 0 Å². The molecule has 0 radical (unpaired) electrons. The van der Waals surface area contributed by atoms with E-state index in [1.165, 1.54) is 6.20 Å². The van der Waals surface area contributed by atoms with Crippen LogP contribution in [0.1, 0.15) is 12.6 Å². The molecule has 0 aliphatic carbocycles. The lowest BCUT2D eigenvalue weighted by molar-refractivity contribution is 0.323. The Bertz CT molecular complexity index is 370. The van der Waals surface area contributed by atoms with E-state index in [-0.39, 0.29) is 6.01 Å². The third-order valence-corrected chi connectivity index (χ3v) is 2.14. The second kappa shape index (κ2) is 3.75. The van der Waals surface area contributed by atoms with Gasteiger partial charge in [0, 0.05) is 5.69 Å². The maximum absolute atomic E-state index is 10.8. The molecule has 0 bridgehead atoms. The van der Waals surface area contributed by atoms with Gasteiger partial charge >= 0.3 is 16.4 Å². The number of aromatic amines is 1. The van der Waals surface area contributed by atoms with Gasteiger partial charge in [0.15, 0.2) is 0 Å². The zero-order valence-electron chi connectivity index (χ0n) is 7.27. The molecular weight excluding hydrogens is 196 g/mol. The number of imidazole rings is 1. The van der Waals surface area contributed by atoms with Crippen LogP contribution in [-0.2, 0) is 21.0 Å². The van der Waals surface area contributed by atoms with Gasteiger partial charge in [0.1, 0.15) is 0 Å². The van der Waals surface area contributed by atoms with Crippen molar-refractivity contribution in [3.63, 3.8) is 0 Å². The van der Waals surface area contributed by atoms with Crippen molar-refractivity contribution in [2.75, 3.05) is 7.11 Å². The summed E-state index contributed by atoms with van der Waals surface area (Å²) in [7, 11) is -2.95. The second-order valence-corrected chi connectivity index (χ2v) is 3.54. The lowest BCUT2D eigenvalue weighted by Gasteiger charge is -1.98. The topological polar surface area (TPSA) is 81.3 Å². The van der Waals surface area contributed by atoms with E-state index in [0.717, 1.165) is 19.2 Å². The quantitative estimate of drug-likeness (QED) is 0.763. The highest BCUT2D eigenvalue weighted by atomic mass is 32.3. The Balaban J connectivity index is 2.75. The monoisotopic (exact) mass is 206 g/mol. The second-order valence-electron chi connectivity index (χ2n) is 2.23. The van der Waals surface area contributed by atoms with Crippen molar-refractivity contribution < 1.29 is 16.8 Å². The standard InChI is InChI=1S/C6H10N2O4S/c1-3-5-4-7-6(8-5)12-13(9,10)11-2/h4H,3H2,1-2H3,(H,7,8). The van der Waals surface area contributed by atoms with Crippen LogP contribution in [-0.4, -0.2) is 25.5 Å². The van der Waals surface area contributed by atoms with Crippen LogP contribution in [0.2, 0.25) is 0 Å². The first-order valence-electron chi connectivity index (χ1n) is 3.61. The number of nitrogens with one attached hydrogen (secondary N) is 1. The van der Waals surface area contributed by atoms with Gasteiger partial charge in [-0.2, -0.15) is 8.42 Å². The van der Waals surface area contributed by atoms with E-state index in [9.17, 15) is 8.42 Å². The summed E-state index contributed by atoms with van der Waals surface area (Å²) in [4.78, 5) is 6.34. The fourth-order valence-electron chi connectivity index (χ4n) is 0.691. The average molecular weight is 206 g/mol. The van der Waals surface area contributed by atoms with Gasteiger partial charge in [-0.15, -0.1) is 0 Å². The molecule has 1 N–H and O–H groups in total. The van der Waals surface area contributed by atoms with Crippen molar-refractivity contribution in [3.8, 4) is 6.01 Å². The highest BCUT2D eigenvalue weighted by Gasteiger charge is 2.12. The van der Waals surface area contributed by atoms with E-state index in [4.69, 9.17) is 0 Å². The molecular formula is C6H10N2O4S. The Morgan fingerprint density at radius 3 is 2.77 bits per heavy atom. The van der Waals surface area contributed by atoms with Crippen LogP contribution in [0.15, 0.2) is 6.20 Å².